The fraction of sp³-hybridized carbons (Fsp3) is 0.579. The normalized spacial score (nSPS) is 18.3. The number of amides is 2. The van der Waals surface area contributed by atoms with Crippen molar-refractivity contribution in [3.8, 4) is 0 Å². The third-order valence-corrected chi connectivity index (χ3v) is 4.37. The van der Waals surface area contributed by atoms with Crippen LogP contribution in [0.5, 0.6) is 0 Å². The maximum Gasteiger partial charge on any atom is 0.225 e. The number of nitrogens with zero attached hydrogens (tertiary/aromatic N) is 1. The van der Waals surface area contributed by atoms with Gasteiger partial charge < -0.3 is 10.2 Å². The summed E-state index contributed by atoms with van der Waals surface area (Å²) in [5.74, 6) is 0.149. The summed E-state index contributed by atoms with van der Waals surface area (Å²) in [6.45, 7) is 8.81. The van der Waals surface area contributed by atoms with Crippen molar-refractivity contribution >= 4 is 11.8 Å². The highest BCUT2D eigenvalue weighted by Crippen LogP contribution is 2.21. The van der Waals surface area contributed by atoms with Crippen LogP contribution in [0.1, 0.15) is 51.7 Å². The van der Waals surface area contributed by atoms with Gasteiger partial charge in [-0.25, -0.2) is 0 Å². The zero-order valence-electron chi connectivity index (χ0n) is 14.7. The van der Waals surface area contributed by atoms with Gasteiger partial charge in [-0.3, -0.25) is 9.59 Å². The van der Waals surface area contributed by atoms with Crippen molar-refractivity contribution in [2.24, 2.45) is 0 Å². The molecule has 1 aliphatic rings. The molecule has 1 N–H and O–H groups in total. The van der Waals surface area contributed by atoms with Gasteiger partial charge in [0.25, 0.3) is 0 Å². The Morgan fingerprint density at radius 2 is 1.83 bits per heavy atom. The van der Waals surface area contributed by atoms with E-state index < -0.39 is 0 Å². The number of rotatable bonds is 5. The van der Waals surface area contributed by atoms with E-state index in [1.54, 1.807) is 0 Å². The van der Waals surface area contributed by atoms with Gasteiger partial charge in [-0.2, -0.15) is 0 Å². The number of nitrogens with one attached hydrogen (secondary N) is 1. The molecule has 0 spiro atoms. The number of aryl methyl sites for hydroxylation is 2. The van der Waals surface area contributed by atoms with Crippen molar-refractivity contribution in [3.63, 3.8) is 0 Å². The number of likely N-dealkylation sites (tertiary alicyclic amines) is 1. The third-order valence-electron chi connectivity index (χ3n) is 4.37. The summed E-state index contributed by atoms with van der Waals surface area (Å²) >= 11 is 0. The number of hydrogen-bond acceptors (Lipinski definition) is 2. The van der Waals surface area contributed by atoms with Crippen molar-refractivity contribution in [1.82, 2.24) is 10.2 Å². The predicted octanol–water partition coefficient (Wildman–Crippen LogP) is 2.70. The summed E-state index contributed by atoms with van der Waals surface area (Å²) in [6, 6.07) is 8.35. The molecule has 1 unspecified atom stereocenters. The van der Waals surface area contributed by atoms with E-state index in [2.05, 4.69) is 36.5 Å². The quantitative estimate of drug-likeness (QED) is 0.908. The third kappa shape index (κ3) is 4.81. The minimum atomic E-state index is -0.183. The Morgan fingerprint density at radius 1 is 1.22 bits per heavy atom. The van der Waals surface area contributed by atoms with Crippen LogP contribution in [0.2, 0.25) is 0 Å². The maximum atomic E-state index is 12.1. The molecular weight excluding hydrogens is 288 g/mol. The molecule has 4 heteroatoms. The Morgan fingerprint density at radius 3 is 2.35 bits per heavy atom. The molecule has 2 rings (SSSR count). The Hall–Kier alpha value is -1.84. The van der Waals surface area contributed by atoms with E-state index in [1.165, 1.54) is 11.1 Å². The summed E-state index contributed by atoms with van der Waals surface area (Å²) in [7, 11) is 0. The minimum absolute atomic E-state index is 0.0260. The summed E-state index contributed by atoms with van der Waals surface area (Å²) in [6.07, 6.45) is 2.64. The first-order chi connectivity index (χ1) is 10.8. The zero-order chi connectivity index (χ0) is 17.0. The molecule has 0 bridgehead atoms. The highest BCUT2D eigenvalue weighted by Gasteiger charge is 2.36. The van der Waals surface area contributed by atoms with Crippen molar-refractivity contribution in [2.45, 2.75) is 65.0 Å². The van der Waals surface area contributed by atoms with Gasteiger partial charge in [-0.05, 0) is 44.7 Å². The summed E-state index contributed by atoms with van der Waals surface area (Å²) in [4.78, 5) is 26.0. The lowest BCUT2D eigenvalue weighted by Gasteiger charge is -2.32. The van der Waals surface area contributed by atoms with Gasteiger partial charge >= 0.3 is 0 Å². The lowest BCUT2D eigenvalue weighted by molar-refractivity contribution is -0.131. The molecule has 1 aromatic carbocycles. The van der Waals surface area contributed by atoms with Crippen molar-refractivity contribution in [2.75, 3.05) is 6.54 Å². The molecule has 1 fully saturated rings. The Balaban J connectivity index is 1.80. The Labute approximate surface area is 139 Å². The molecule has 0 aromatic heterocycles. The fourth-order valence-electron chi connectivity index (χ4n) is 2.95. The van der Waals surface area contributed by atoms with Gasteiger partial charge in [0.2, 0.25) is 11.8 Å². The first-order valence-corrected chi connectivity index (χ1v) is 8.47. The molecule has 1 atom stereocenters. The molecule has 1 saturated heterocycles. The van der Waals surface area contributed by atoms with Crippen LogP contribution < -0.4 is 5.32 Å². The van der Waals surface area contributed by atoms with E-state index in [0.717, 1.165) is 12.8 Å². The van der Waals surface area contributed by atoms with Crippen LogP contribution in [0.15, 0.2) is 24.3 Å². The van der Waals surface area contributed by atoms with Gasteiger partial charge in [0.05, 0.1) is 6.04 Å². The second-order valence-electron chi connectivity index (χ2n) is 7.31. The van der Waals surface area contributed by atoms with Crippen LogP contribution in [-0.2, 0) is 22.4 Å². The highest BCUT2D eigenvalue weighted by molar-refractivity contribution is 5.82. The van der Waals surface area contributed by atoms with E-state index in [1.807, 2.05) is 25.7 Å². The lowest BCUT2D eigenvalue weighted by Crippen LogP contribution is -2.44. The molecule has 0 aliphatic carbocycles. The predicted molar refractivity (Wildman–Crippen MR) is 92.2 cm³/mol. The van der Waals surface area contributed by atoms with Gasteiger partial charge in [-0.15, -0.1) is 0 Å². The van der Waals surface area contributed by atoms with Gasteiger partial charge in [0.1, 0.15) is 0 Å². The first-order valence-electron chi connectivity index (χ1n) is 8.47. The molecule has 1 heterocycles. The van der Waals surface area contributed by atoms with Gasteiger partial charge in [0.15, 0.2) is 0 Å². The molecular formula is C19H28N2O2. The van der Waals surface area contributed by atoms with Crippen LogP contribution in [0, 0.1) is 0 Å². The average Bonchev–Trinajstić information content (AvgIpc) is 2.86. The summed E-state index contributed by atoms with van der Waals surface area (Å²) in [5.41, 5.74) is 2.30. The van der Waals surface area contributed by atoms with Gasteiger partial charge in [-0.1, -0.05) is 31.2 Å². The van der Waals surface area contributed by atoms with E-state index in [4.69, 9.17) is 0 Å². The summed E-state index contributed by atoms with van der Waals surface area (Å²) < 4.78 is 0. The van der Waals surface area contributed by atoms with Crippen LogP contribution in [0.3, 0.4) is 0 Å². The van der Waals surface area contributed by atoms with E-state index >= 15 is 0 Å². The number of hydrogen-bond donors (Lipinski definition) is 1. The minimum Gasteiger partial charge on any atom is -0.351 e. The Kier molecular flexibility index (Phi) is 5.45. The van der Waals surface area contributed by atoms with Crippen molar-refractivity contribution in [3.05, 3.63) is 35.4 Å². The summed E-state index contributed by atoms with van der Waals surface area (Å²) in [5, 5.41) is 3.00. The van der Waals surface area contributed by atoms with Gasteiger partial charge in [0, 0.05) is 24.9 Å². The van der Waals surface area contributed by atoms with E-state index in [-0.39, 0.29) is 23.4 Å². The smallest absolute Gasteiger partial charge is 0.225 e. The Bertz CT molecular complexity index is 558. The molecule has 2 amide bonds. The molecule has 126 valence electrons. The van der Waals surface area contributed by atoms with Crippen LogP contribution in [0.4, 0.5) is 0 Å². The zero-order valence-corrected chi connectivity index (χ0v) is 14.7. The largest absolute Gasteiger partial charge is 0.351 e. The molecule has 0 radical (unpaired) electrons. The number of carbonyl (C=O) groups is 2. The van der Waals surface area contributed by atoms with E-state index in [0.29, 0.717) is 19.4 Å². The monoisotopic (exact) mass is 316 g/mol. The standard InChI is InChI=1S/C19H28N2O2/c1-5-14-6-8-15(9-7-14)10-11-17(22)20-16-12-18(23)21(13-16)19(2,3)4/h6-9,16H,5,10-13H2,1-4H3,(H,20,22). The molecule has 0 saturated carbocycles. The fourth-order valence-corrected chi connectivity index (χ4v) is 2.95. The SMILES string of the molecule is CCc1ccc(CCC(=O)NC2CC(=O)N(C(C)(C)C)C2)cc1. The van der Waals surface area contributed by atoms with Crippen molar-refractivity contribution < 1.29 is 9.59 Å². The second kappa shape index (κ2) is 7.16. The van der Waals surface area contributed by atoms with Crippen molar-refractivity contribution in [1.29, 1.82) is 0 Å². The van der Waals surface area contributed by atoms with Crippen LogP contribution >= 0.6 is 0 Å². The van der Waals surface area contributed by atoms with E-state index in [9.17, 15) is 9.59 Å². The van der Waals surface area contributed by atoms with Crippen LogP contribution in [0.25, 0.3) is 0 Å². The second-order valence-corrected chi connectivity index (χ2v) is 7.31. The topological polar surface area (TPSA) is 49.4 Å². The number of benzene rings is 1. The number of carbonyl (C=O) groups excluding carboxylic acids is 2. The van der Waals surface area contributed by atoms with Crippen LogP contribution in [-0.4, -0.2) is 34.8 Å². The molecule has 23 heavy (non-hydrogen) atoms. The molecule has 4 nitrogen and oxygen atoms in total. The first kappa shape index (κ1) is 17.5. The molecule has 1 aromatic rings. The maximum absolute atomic E-state index is 12.1. The highest BCUT2D eigenvalue weighted by atomic mass is 16.2. The lowest BCUT2D eigenvalue weighted by atomic mass is 10.1. The molecule has 1 aliphatic heterocycles. The average molecular weight is 316 g/mol.